The van der Waals surface area contributed by atoms with Crippen molar-refractivity contribution < 1.29 is 4.42 Å². The molecule has 0 N–H and O–H groups in total. The van der Waals surface area contributed by atoms with E-state index in [0.717, 1.165) is 65.5 Å². The molecule has 0 bridgehead atoms. The fraction of sp³-hybridized carbons (Fsp3) is 0. The lowest BCUT2D eigenvalue weighted by Gasteiger charge is -2.13. The lowest BCUT2D eigenvalue weighted by molar-refractivity contribution is 0.672. The van der Waals surface area contributed by atoms with Crippen LogP contribution in [0.4, 0.5) is 0 Å². The highest BCUT2D eigenvalue weighted by molar-refractivity contribution is 6.34. The van der Waals surface area contributed by atoms with Crippen molar-refractivity contribution in [3.8, 4) is 34.3 Å². The van der Waals surface area contributed by atoms with Gasteiger partial charge in [-0.2, -0.15) is 0 Å². The number of aromatic nitrogens is 4. The summed E-state index contributed by atoms with van der Waals surface area (Å²) in [6.07, 6.45) is 0. The molecule has 0 radical (unpaired) electrons. The zero-order chi connectivity index (χ0) is 28.3. The van der Waals surface area contributed by atoms with E-state index in [1.165, 1.54) is 0 Å². The van der Waals surface area contributed by atoms with E-state index in [-0.39, 0.29) is 0 Å². The molecule has 5 heteroatoms. The average Bonchev–Trinajstić information content (AvgIpc) is 3.49. The van der Waals surface area contributed by atoms with Crippen LogP contribution in [0.3, 0.4) is 0 Å². The van der Waals surface area contributed by atoms with Crippen molar-refractivity contribution in [2.75, 3.05) is 0 Å². The third-order valence-electron chi connectivity index (χ3n) is 8.10. The second-order valence-corrected chi connectivity index (χ2v) is 10.6. The molecule has 0 unspecified atom stereocenters. The first kappa shape index (κ1) is 23.7. The molecule has 0 aliphatic rings. The first-order valence-electron chi connectivity index (χ1n) is 14.3. The number of rotatable bonds is 3. The molecule has 0 aliphatic carbocycles. The maximum atomic E-state index is 6.58. The van der Waals surface area contributed by atoms with Gasteiger partial charge >= 0.3 is 0 Å². The summed E-state index contributed by atoms with van der Waals surface area (Å²) in [4.78, 5) is 20.3. The van der Waals surface area contributed by atoms with Crippen molar-refractivity contribution >= 4 is 54.4 Å². The molecule has 6 aromatic carbocycles. The minimum atomic E-state index is 0.517. The number of nitrogens with zero attached hydrogens (tertiary/aromatic N) is 4. The first-order valence-corrected chi connectivity index (χ1v) is 14.3. The van der Waals surface area contributed by atoms with E-state index in [1.54, 1.807) is 0 Å². The molecule has 9 rings (SSSR count). The second-order valence-electron chi connectivity index (χ2n) is 10.6. The summed E-state index contributed by atoms with van der Waals surface area (Å²) in [5.74, 6) is 1.72. The first-order chi connectivity index (χ1) is 21.3. The summed E-state index contributed by atoms with van der Waals surface area (Å²) in [6, 6.07) is 45.1. The molecule has 0 fully saturated rings. The Morgan fingerprint density at radius 3 is 1.47 bits per heavy atom. The standard InChI is InChI=1S/C38H22N4O/c1-3-13-23(14-4-1)36-40-37(24-15-5-2-6-16-24)42-38(41-36)33-28-20-10-9-19-27(28)31-25-17-7-8-18-26(25)32-29-21-11-12-22-30(29)43-35(32)34(31)39-33/h1-22H. The smallest absolute Gasteiger partial charge is 0.183 e. The monoisotopic (exact) mass is 550 g/mol. The van der Waals surface area contributed by atoms with E-state index in [4.69, 9.17) is 24.4 Å². The Labute approximate surface area is 246 Å². The van der Waals surface area contributed by atoms with Gasteiger partial charge in [-0.15, -0.1) is 0 Å². The highest BCUT2D eigenvalue weighted by atomic mass is 16.3. The summed E-state index contributed by atoms with van der Waals surface area (Å²) in [7, 11) is 0. The molecular weight excluding hydrogens is 528 g/mol. The predicted octanol–water partition coefficient (Wildman–Crippen LogP) is 9.63. The Hall–Kier alpha value is -5.94. The van der Waals surface area contributed by atoms with E-state index in [9.17, 15) is 0 Å². The number of pyridine rings is 1. The van der Waals surface area contributed by atoms with Gasteiger partial charge < -0.3 is 4.42 Å². The molecule has 200 valence electrons. The van der Waals surface area contributed by atoms with Gasteiger partial charge in [0.15, 0.2) is 23.1 Å². The third kappa shape index (κ3) is 3.65. The van der Waals surface area contributed by atoms with Crippen molar-refractivity contribution in [3.05, 3.63) is 133 Å². The molecule has 0 aliphatic heterocycles. The van der Waals surface area contributed by atoms with Gasteiger partial charge in [0, 0.05) is 32.7 Å². The Kier molecular flexibility index (Phi) is 5.13. The molecule has 0 atom stereocenters. The van der Waals surface area contributed by atoms with E-state index in [0.29, 0.717) is 23.2 Å². The number of para-hydroxylation sites is 1. The van der Waals surface area contributed by atoms with Gasteiger partial charge in [0.1, 0.15) is 16.8 Å². The Morgan fingerprint density at radius 2 is 0.837 bits per heavy atom. The highest BCUT2D eigenvalue weighted by Crippen LogP contribution is 2.44. The van der Waals surface area contributed by atoms with E-state index in [2.05, 4.69) is 54.6 Å². The summed E-state index contributed by atoms with van der Waals surface area (Å²) >= 11 is 0. The number of hydrogen-bond donors (Lipinski definition) is 0. The fourth-order valence-corrected chi connectivity index (χ4v) is 6.18. The van der Waals surface area contributed by atoms with Crippen LogP contribution in [0, 0.1) is 0 Å². The van der Waals surface area contributed by atoms with Gasteiger partial charge in [-0.05, 0) is 22.2 Å². The van der Waals surface area contributed by atoms with Crippen LogP contribution < -0.4 is 0 Å². The topological polar surface area (TPSA) is 64.7 Å². The van der Waals surface area contributed by atoms with Gasteiger partial charge in [0.25, 0.3) is 0 Å². The predicted molar refractivity (Wildman–Crippen MR) is 174 cm³/mol. The largest absolute Gasteiger partial charge is 0.454 e. The average molecular weight is 551 g/mol. The molecule has 0 saturated heterocycles. The Bertz CT molecular complexity index is 2450. The molecule has 0 saturated carbocycles. The number of hydrogen-bond acceptors (Lipinski definition) is 5. The van der Waals surface area contributed by atoms with Crippen LogP contribution in [0.2, 0.25) is 0 Å². The molecule has 43 heavy (non-hydrogen) atoms. The lowest BCUT2D eigenvalue weighted by Crippen LogP contribution is -2.02. The molecule has 3 aromatic heterocycles. The molecule has 0 amide bonds. The zero-order valence-electron chi connectivity index (χ0n) is 22.9. The van der Waals surface area contributed by atoms with Gasteiger partial charge in [0.2, 0.25) is 0 Å². The highest BCUT2D eigenvalue weighted by Gasteiger charge is 2.22. The van der Waals surface area contributed by atoms with Crippen LogP contribution in [-0.2, 0) is 0 Å². The molecular formula is C38H22N4O. The normalized spacial score (nSPS) is 11.7. The number of furan rings is 1. The van der Waals surface area contributed by atoms with E-state index in [1.807, 2.05) is 78.9 Å². The third-order valence-corrected chi connectivity index (χ3v) is 8.10. The number of fused-ring (bicyclic) bond motifs is 10. The molecule has 9 aromatic rings. The van der Waals surface area contributed by atoms with Gasteiger partial charge in [-0.1, -0.05) is 127 Å². The van der Waals surface area contributed by atoms with Gasteiger partial charge in [0.05, 0.1) is 0 Å². The number of benzene rings is 6. The van der Waals surface area contributed by atoms with Crippen LogP contribution in [0.5, 0.6) is 0 Å². The second kappa shape index (κ2) is 9.29. The van der Waals surface area contributed by atoms with Crippen molar-refractivity contribution in [1.82, 2.24) is 19.9 Å². The van der Waals surface area contributed by atoms with Gasteiger partial charge in [-0.3, -0.25) is 0 Å². The van der Waals surface area contributed by atoms with Crippen LogP contribution in [0.25, 0.3) is 88.7 Å². The Morgan fingerprint density at radius 1 is 0.372 bits per heavy atom. The summed E-state index contributed by atoms with van der Waals surface area (Å²) < 4.78 is 6.58. The van der Waals surface area contributed by atoms with Crippen LogP contribution in [0.1, 0.15) is 0 Å². The van der Waals surface area contributed by atoms with Gasteiger partial charge in [-0.25, -0.2) is 19.9 Å². The zero-order valence-corrected chi connectivity index (χ0v) is 22.9. The summed E-state index contributed by atoms with van der Waals surface area (Å²) in [6.45, 7) is 0. The van der Waals surface area contributed by atoms with Crippen LogP contribution in [-0.4, -0.2) is 19.9 Å². The van der Waals surface area contributed by atoms with Crippen molar-refractivity contribution in [2.45, 2.75) is 0 Å². The minimum Gasteiger partial charge on any atom is -0.454 e. The summed E-state index contributed by atoms with van der Waals surface area (Å²) in [5.41, 5.74) is 4.92. The SMILES string of the molecule is c1ccc(-c2nc(-c3ccccc3)nc(-c3nc4c5oc6ccccc6c5c5ccccc5c4c4ccccc34)n2)cc1. The van der Waals surface area contributed by atoms with Crippen molar-refractivity contribution in [3.63, 3.8) is 0 Å². The molecule has 0 spiro atoms. The van der Waals surface area contributed by atoms with Crippen molar-refractivity contribution in [1.29, 1.82) is 0 Å². The van der Waals surface area contributed by atoms with E-state index < -0.39 is 0 Å². The quantitative estimate of drug-likeness (QED) is 0.205. The lowest BCUT2D eigenvalue weighted by atomic mass is 9.95. The maximum absolute atomic E-state index is 6.58. The fourth-order valence-electron chi connectivity index (χ4n) is 6.18. The molecule has 5 nitrogen and oxygen atoms in total. The maximum Gasteiger partial charge on any atom is 0.183 e. The molecule has 3 heterocycles. The minimum absolute atomic E-state index is 0.517. The summed E-state index contributed by atoms with van der Waals surface area (Å²) in [5, 5.41) is 7.53. The van der Waals surface area contributed by atoms with Crippen LogP contribution >= 0.6 is 0 Å². The van der Waals surface area contributed by atoms with Crippen LogP contribution in [0.15, 0.2) is 138 Å². The van der Waals surface area contributed by atoms with E-state index >= 15 is 0 Å². The van der Waals surface area contributed by atoms with Crippen molar-refractivity contribution in [2.24, 2.45) is 0 Å². The Balaban J connectivity index is 1.45.